The number of rotatable bonds is 5. The zero-order valence-corrected chi connectivity index (χ0v) is 11.8. The van der Waals surface area contributed by atoms with E-state index in [4.69, 9.17) is 0 Å². The van der Waals surface area contributed by atoms with Gasteiger partial charge in [0.2, 0.25) is 10.0 Å². The molecule has 0 radical (unpaired) electrons. The van der Waals surface area contributed by atoms with E-state index in [0.29, 0.717) is 18.2 Å². The molecule has 106 valence electrons. The number of anilines is 1. The second kappa shape index (κ2) is 5.90. The Morgan fingerprint density at radius 1 is 1.32 bits per heavy atom. The predicted molar refractivity (Wildman–Crippen MR) is 74.5 cm³/mol. The van der Waals surface area contributed by atoms with Crippen molar-refractivity contribution in [3.63, 3.8) is 0 Å². The van der Waals surface area contributed by atoms with Crippen molar-refractivity contribution >= 4 is 15.7 Å². The maximum atomic E-state index is 11.9. The van der Waals surface area contributed by atoms with E-state index in [2.05, 4.69) is 10.0 Å². The molecule has 1 saturated carbocycles. The van der Waals surface area contributed by atoms with Crippen LogP contribution in [0.2, 0.25) is 0 Å². The second-order valence-corrected chi connectivity index (χ2v) is 6.77. The monoisotopic (exact) mass is 284 g/mol. The molecule has 1 aromatic rings. The van der Waals surface area contributed by atoms with Gasteiger partial charge >= 0.3 is 0 Å². The predicted octanol–water partition coefficient (Wildman–Crippen LogP) is 1.17. The van der Waals surface area contributed by atoms with Crippen molar-refractivity contribution in [1.29, 1.82) is 0 Å². The molecule has 2 unspecified atom stereocenters. The van der Waals surface area contributed by atoms with Gasteiger partial charge in [-0.15, -0.1) is 0 Å². The maximum Gasteiger partial charge on any atom is 0.242 e. The zero-order valence-electron chi connectivity index (χ0n) is 11.0. The Balaban J connectivity index is 2.08. The Morgan fingerprint density at radius 3 is 2.68 bits per heavy atom. The minimum Gasteiger partial charge on any atom is -0.393 e. The number of aliphatic hydroxyl groups is 1. The number of para-hydroxylation sites is 1. The van der Waals surface area contributed by atoms with E-state index in [0.717, 1.165) is 19.3 Å². The molecule has 1 fully saturated rings. The summed E-state index contributed by atoms with van der Waals surface area (Å²) in [5.74, 6) is 0.403. The van der Waals surface area contributed by atoms with Gasteiger partial charge in [-0.25, -0.2) is 13.1 Å². The molecular weight excluding hydrogens is 264 g/mol. The van der Waals surface area contributed by atoms with Gasteiger partial charge in [-0.2, -0.15) is 0 Å². The van der Waals surface area contributed by atoms with E-state index in [1.807, 2.05) is 0 Å². The summed E-state index contributed by atoms with van der Waals surface area (Å²) >= 11 is 0. The molecule has 3 N–H and O–H groups in total. The van der Waals surface area contributed by atoms with Crippen molar-refractivity contribution in [3.8, 4) is 0 Å². The Labute approximate surface area is 114 Å². The van der Waals surface area contributed by atoms with Crippen LogP contribution in [-0.4, -0.2) is 33.2 Å². The zero-order chi connectivity index (χ0) is 13.9. The molecule has 0 aromatic heterocycles. The first-order valence-electron chi connectivity index (χ1n) is 6.47. The van der Waals surface area contributed by atoms with Crippen LogP contribution in [0.3, 0.4) is 0 Å². The van der Waals surface area contributed by atoms with Crippen LogP contribution in [0.25, 0.3) is 0 Å². The van der Waals surface area contributed by atoms with Crippen LogP contribution in [-0.2, 0) is 10.0 Å². The van der Waals surface area contributed by atoms with Crippen molar-refractivity contribution in [2.24, 2.45) is 5.92 Å². The van der Waals surface area contributed by atoms with Gasteiger partial charge < -0.3 is 10.4 Å². The number of sulfonamides is 1. The van der Waals surface area contributed by atoms with Crippen LogP contribution in [0.4, 0.5) is 5.69 Å². The lowest BCUT2D eigenvalue weighted by Gasteiger charge is -2.15. The SMILES string of the molecule is CNS(=O)(=O)c1ccccc1NCC1CCC(O)C1. The Morgan fingerprint density at radius 2 is 2.05 bits per heavy atom. The molecule has 0 saturated heterocycles. The molecule has 6 heteroatoms. The standard InChI is InChI=1S/C13H20N2O3S/c1-14-19(17,18)13-5-3-2-4-12(13)15-9-10-6-7-11(16)8-10/h2-5,10-11,14-16H,6-9H2,1H3. The summed E-state index contributed by atoms with van der Waals surface area (Å²) in [7, 11) is -2.04. The Kier molecular flexibility index (Phi) is 4.44. The molecule has 1 aliphatic carbocycles. The number of hydrogen-bond donors (Lipinski definition) is 3. The van der Waals surface area contributed by atoms with Gasteiger partial charge in [0.05, 0.1) is 11.8 Å². The van der Waals surface area contributed by atoms with E-state index in [1.165, 1.54) is 7.05 Å². The number of hydrogen-bond acceptors (Lipinski definition) is 4. The maximum absolute atomic E-state index is 11.9. The Hall–Kier alpha value is -1.11. The third kappa shape index (κ3) is 3.46. The lowest BCUT2D eigenvalue weighted by Crippen LogP contribution is -2.21. The van der Waals surface area contributed by atoms with Crippen LogP contribution in [0, 0.1) is 5.92 Å². The fourth-order valence-electron chi connectivity index (χ4n) is 2.45. The first-order valence-corrected chi connectivity index (χ1v) is 7.96. The van der Waals surface area contributed by atoms with E-state index in [1.54, 1.807) is 24.3 Å². The van der Waals surface area contributed by atoms with E-state index < -0.39 is 10.0 Å². The van der Waals surface area contributed by atoms with Gasteiger partial charge in [0.15, 0.2) is 0 Å². The van der Waals surface area contributed by atoms with Crippen LogP contribution in [0.5, 0.6) is 0 Å². The van der Waals surface area contributed by atoms with Crippen molar-refractivity contribution in [2.75, 3.05) is 18.9 Å². The minimum absolute atomic E-state index is 0.205. The van der Waals surface area contributed by atoms with E-state index >= 15 is 0 Å². The van der Waals surface area contributed by atoms with Crippen LogP contribution >= 0.6 is 0 Å². The quantitative estimate of drug-likeness (QED) is 0.758. The molecule has 1 aliphatic rings. The van der Waals surface area contributed by atoms with Gasteiger partial charge in [0.25, 0.3) is 0 Å². The lowest BCUT2D eigenvalue weighted by atomic mass is 10.1. The van der Waals surface area contributed by atoms with E-state index in [9.17, 15) is 13.5 Å². The molecule has 19 heavy (non-hydrogen) atoms. The number of nitrogens with one attached hydrogen (secondary N) is 2. The summed E-state index contributed by atoms with van der Waals surface area (Å²) < 4.78 is 26.1. The van der Waals surface area contributed by atoms with Crippen molar-refractivity contribution < 1.29 is 13.5 Å². The summed E-state index contributed by atoms with van der Waals surface area (Å²) in [5, 5.41) is 12.7. The van der Waals surface area contributed by atoms with Gasteiger partial charge in [-0.05, 0) is 44.4 Å². The number of benzene rings is 1. The molecule has 0 bridgehead atoms. The van der Waals surface area contributed by atoms with Crippen LogP contribution in [0.1, 0.15) is 19.3 Å². The highest BCUT2D eigenvalue weighted by molar-refractivity contribution is 7.89. The second-order valence-electron chi connectivity index (χ2n) is 4.92. The van der Waals surface area contributed by atoms with Crippen LogP contribution in [0.15, 0.2) is 29.2 Å². The smallest absolute Gasteiger partial charge is 0.242 e. The van der Waals surface area contributed by atoms with Gasteiger partial charge in [-0.1, -0.05) is 12.1 Å². The minimum atomic E-state index is -3.45. The van der Waals surface area contributed by atoms with E-state index in [-0.39, 0.29) is 11.0 Å². The first kappa shape index (κ1) is 14.3. The molecule has 5 nitrogen and oxygen atoms in total. The lowest BCUT2D eigenvalue weighted by molar-refractivity contribution is 0.178. The molecule has 0 aliphatic heterocycles. The summed E-state index contributed by atoms with van der Waals surface area (Å²) in [6, 6.07) is 6.85. The average molecular weight is 284 g/mol. The highest BCUT2D eigenvalue weighted by Crippen LogP contribution is 2.27. The summed E-state index contributed by atoms with van der Waals surface area (Å²) in [6.45, 7) is 0.688. The average Bonchev–Trinajstić information content (AvgIpc) is 2.82. The van der Waals surface area contributed by atoms with Gasteiger partial charge in [0.1, 0.15) is 4.90 Å². The first-order chi connectivity index (χ1) is 9.03. The number of aliphatic hydroxyl groups excluding tert-OH is 1. The highest BCUT2D eigenvalue weighted by Gasteiger charge is 2.23. The van der Waals surface area contributed by atoms with Crippen LogP contribution < -0.4 is 10.0 Å². The van der Waals surface area contributed by atoms with Gasteiger partial charge in [-0.3, -0.25) is 0 Å². The fourth-order valence-corrected chi connectivity index (χ4v) is 3.35. The highest BCUT2D eigenvalue weighted by atomic mass is 32.2. The molecule has 0 spiro atoms. The summed E-state index contributed by atoms with van der Waals surface area (Å²) in [5.41, 5.74) is 0.609. The van der Waals surface area contributed by atoms with Crippen molar-refractivity contribution in [3.05, 3.63) is 24.3 Å². The topological polar surface area (TPSA) is 78.4 Å². The third-order valence-corrected chi connectivity index (χ3v) is 5.01. The van der Waals surface area contributed by atoms with Crippen molar-refractivity contribution in [2.45, 2.75) is 30.3 Å². The molecule has 0 amide bonds. The van der Waals surface area contributed by atoms with Crippen molar-refractivity contribution in [1.82, 2.24) is 4.72 Å². The molecule has 2 rings (SSSR count). The normalized spacial score (nSPS) is 23.5. The molecule has 0 heterocycles. The largest absolute Gasteiger partial charge is 0.393 e. The summed E-state index contributed by atoms with van der Waals surface area (Å²) in [6.07, 6.45) is 2.40. The Bertz CT molecular complexity index is 530. The fraction of sp³-hybridized carbons (Fsp3) is 0.538. The molecule has 1 aromatic carbocycles. The molecular formula is C13H20N2O3S. The summed E-state index contributed by atoms with van der Waals surface area (Å²) in [4.78, 5) is 0.260. The third-order valence-electron chi connectivity index (χ3n) is 3.54. The van der Waals surface area contributed by atoms with Gasteiger partial charge in [0, 0.05) is 6.54 Å². The molecule has 2 atom stereocenters.